The van der Waals surface area contributed by atoms with Crippen LogP contribution in [0.2, 0.25) is 0 Å². The van der Waals surface area contributed by atoms with E-state index in [1.165, 1.54) is 39.9 Å². The van der Waals surface area contributed by atoms with Crippen molar-refractivity contribution in [3.05, 3.63) is 223 Å². The van der Waals surface area contributed by atoms with Crippen molar-refractivity contribution in [2.75, 3.05) is 0 Å². The first-order valence-electron chi connectivity index (χ1n) is 26.9. The summed E-state index contributed by atoms with van der Waals surface area (Å²) in [5.74, 6) is 4.94. The van der Waals surface area contributed by atoms with Crippen molar-refractivity contribution in [3.63, 3.8) is 0 Å². The van der Waals surface area contributed by atoms with Crippen LogP contribution >= 0.6 is 24.5 Å². The number of aryl methyl sites for hydroxylation is 2. The predicted octanol–water partition coefficient (Wildman–Crippen LogP) is 10.9. The number of sulfonamides is 1. The third-order valence-corrected chi connectivity index (χ3v) is 18.5. The minimum absolute atomic E-state index is 0.0267. The first kappa shape index (κ1) is 59.1. The number of hydrogen-bond donors (Lipinski definition) is 9. The largest absolute Gasteiger partial charge is 0.353 e. The highest BCUT2D eigenvalue weighted by molar-refractivity contribution is 7.93. The summed E-state index contributed by atoms with van der Waals surface area (Å²) in [5, 5.41) is 26.2. The lowest BCUT2D eigenvalue weighted by atomic mass is 10.1. The number of nitrogens with zero attached hydrogens (tertiary/aromatic N) is 3. The van der Waals surface area contributed by atoms with Crippen LogP contribution in [0.25, 0.3) is 131 Å². The number of aromatic amines is 5. The van der Waals surface area contributed by atoms with E-state index in [2.05, 4.69) is 76.0 Å². The van der Waals surface area contributed by atoms with E-state index in [0.29, 0.717) is 77.6 Å². The predicted molar refractivity (Wildman–Crippen MR) is 351 cm³/mol. The second-order valence-electron chi connectivity index (χ2n) is 20.6. The quantitative estimate of drug-likeness (QED) is 0.0295. The Hall–Kier alpha value is -9.92. The number of H-pyrrole nitrogens is 5. The molecule has 0 aliphatic heterocycles. The average molecular weight is 1280 g/mol. The summed E-state index contributed by atoms with van der Waals surface area (Å²) in [6.45, 7) is 2.08. The highest BCUT2D eigenvalue weighted by atomic mass is 32.2. The molecule has 452 valence electrons. The third kappa shape index (κ3) is 10.3. The van der Waals surface area contributed by atoms with Gasteiger partial charge in [-0.2, -0.15) is 14.3 Å². The fourth-order valence-electron chi connectivity index (χ4n) is 11.6. The highest BCUT2D eigenvalue weighted by Crippen LogP contribution is 2.38. The smallest absolute Gasteiger partial charge is 0.294 e. The van der Waals surface area contributed by atoms with E-state index in [1.807, 2.05) is 72.8 Å². The number of benzene rings is 8. The van der Waals surface area contributed by atoms with Crippen LogP contribution in [0.5, 0.6) is 0 Å². The number of fused-ring (bicyclic) bond motifs is 20. The van der Waals surface area contributed by atoms with E-state index < -0.39 is 20.1 Å². The molecule has 8 heterocycles. The minimum atomic E-state index is -4.44. The summed E-state index contributed by atoms with van der Waals surface area (Å²) in [6.07, 6.45) is 0. The molecule has 0 saturated carbocycles. The van der Waals surface area contributed by atoms with E-state index >= 15 is 0 Å². The molecule has 28 heteroatoms. The molecule has 8 aromatic heterocycles. The SMILES string of the molecule is Cc1ccc2c3[nH]c(=O)c4ccccc4c3n(C)c2c1.NOOSn1c2cc(S(N)(=O)=O)ccc2c2[nH]c(=O)c3ccccc3c21.O=c1[nH]c2c3ccc(S(=O)(=O)O)cc3n(SOOO)c2c2ccccc12.O=c1[nH]c2c3ccccc3[nH]c2c2ccccc12. The van der Waals surface area contributed by atoms with Gasteiger partial charge in [-0.3, -0.25) is 31.7 Å². The van der Waals surface area contributed by atoms with Gasteiger partial charge >= 0.3 is 0 Å². The summed E-state index contributed by atoms with van der Waals surface area (Å²) in [5.41, 5.74) is 9.54. The van der Waals surface area contributed by atoms with Crippen molar-refractivity contribution in [2.45, 2.75) is 16.7 Å². The van der Waals surface area contributed by atoms with Crippen molar-refractivity contribution >= 4 is 175 Å². The number of primary sulfonamides is 1. The molecule has 0 unspecified atom stereocenters. The molecule has 0 radical (unpaired) electrons. The Kier molecular flexibility index (Phi) is 15.2. The van der Waals surface area contributed by atoms with Gasteiger partial charge in [0, 0.05) is 77.2 Å². The molecule has 90 heavy (non-hydrogen) atoms. The number of rotatable bonds is 8. The van der Waals surface area contributed by atoms with E-state index in [0.717, 1.165) is 77.6 Å². The Morgan fingerprint density at radius 1 is 0.433 bits per heavy atom. The molecular formula is C62H46N10O14S4. The van der Waals surface area contributed by atoms with Gasteiger partial charge in [-0.1, -0.05) is 108 Å². The molecule has 11 N–H and O–H groups in total. The van der Waals surface area contributed by atoms with Crippen LogP contribution in [0.15, 0.2) is 205 Å². The average Bonchev–Trinajstić information content (AvgIpc) is 1.61. The Balaban J connectivity index is 0.000000111. The van der Waals surface area contributed by atoms with Crippen LogP contribution in [-0.2, 0) is 45.9 Å². The van der Waals surface area contributed by atoms with Gasteiger partial charge < -0.3 is 29.5 Å². The van der Waals surface area contributed by atoms with Crippen molar-refractivity contribution in [3.8, 4) is 0 Å². The molecule has 8 aromatic carbocycles. The Labute approximate surface area is 513 Å². The van der Waals surface area contributed by atoms with Gasteiger partial charge in [-0.15, -0.1) is 13.7 Å². The van der Waals surface area contributed by atoms with E-state index in [9.17, 15) is 40.6 Å². The van der Waals surface area contributed by atoms with E-state index in [1.54, 1.807) is 58.6 Å². The number of hydrogen-bond acceptors (Lipinski definition) is 16. The lowest BCUT2D eigenvalue weighted by molar-refractivity contribution is -0.432. The van der Waals surface area contributed by atoms with Crippen molar-refractivity contribution in [1.82, 2.24) is 37.4 Å². The molecule has 16 aromatic rings. The monoisotopic (exact) mass is 1280 g/mol. The second kappa shape index (κ2) is 23.2. The van der Waals surface area contributed by atoms with Crippen LogP contribution in [0.4, 0.5) is 0 Å². The van der Waals surface area contributed by atoms with Gasteiger partial charge in [-0.05, 0) is 85.3 Å². The standard InChI is InChI=1S/C17H14N2O.C15H12N4O5S2.C15H10N2O7S2.C15H10N2O/c1-10-7-8-13-14(9-10)19(2)16-11-5-3-4-6-12(11)17(20)18-15(13)16;16-23-24-25-19-12-7-8(26(17,21)22)5-6-11(12)13-14(19)9-3-1-2-4-10(9)15(20)18-13;18-15-10-4-2-1-3-9(10)14-13(16-15)11-6-5-8(26(20,21)22)7-12(11)17(14)25-24-23-19;18-15-10-6-2-1-5-9(10)13-14(17-15)11-7-3-4-8-12(11)16-13/h3-9H,1-2H3,(H,18,20);1-7H,16H2,(H,18,20)(H2,17,21,22);1-7,19H,(H,16,18)(H,20,21,22);1-8,16H,(H,17,18). The molecule has 0 aliphatic carbocycles. The van der Waals surface area contributed by atoms with Crippen molar-refractivity contribution < 1.29 is 45.3 Å². The maximum Gasteiger partial charge on any atom is 0.294 e. The molecule has 24 nitrogen and oxygen atoms in total. The first-order chi connectivity index (χ1) is 43.3. The van der Waals surface area contributed by atoms with Crippen LogP contribution < -0.4 is 33.3 Å². The van der Waals surface area contributed by atoms with Gasteiger partial charge in [-0.25, -0.2) is 18.8 Å². The van der Waals surface area contributed by atoms with Gasteiger partial charge in [0.2, 0.25) is 10.0 Å². The zero-order chi connectivity index (χ0) is 62.9. The maximum atomic E-state index is 12.4. The fraction of sp³-hybridized carbons (Fsp3) is 0.0323. The van der Waals surface area contributed by atoms with Crippen molar-refractivity contribution in [1.29, 1.82) is 0 Å². The van der Waals surface area contributed by atoms with E-state index in [4.69, 9.17) is 20.6 Å². The third-order valence-electron chi connectivity index (χ3n) is 15.4. The lowest BCUT2D eigenvalue weighted by Gasteiger charge is -2.06. The summed E-state index contributed by atoms with van der Waals surface area (Å²) >= 11 is 1.31. The molecule has 0 spiro atoms. The molecule has 0 amide bonds. The topological polar surface area (TPSA) is 360 Å². The van der Waals surface area contributed by atoms with Crippen LogP contribution in [0.3, 0.4) is 0 Å². The highest BCUT2D eigenvalue weighted by Gasteiger charge is 2.23. The molecule has 16 rings (SSSR count). The number of nitrogens with two attached hydrogens (primary N) is 2. The molecule has 0 aliphatic rings. The summed E-state index contributed by atoms with van der Waals surface area (Å²) in [4.78, 5) is 67.9. The molecular weight excluding hydrogens is 1240 g/mol. The zero-order valence-electron chi connectivity index (χ0n) is 46.7. The van der Waals surface area contributed by atoms with Crippen molar-refractivity contribution in [2.24, 2.45) is 18.1 Å². The maximum absolute atomic E-state index is 12.4. The Morgan fingerprint density at radius 2 is 0.822 bits per heavy atom. The second-order valence-corrected chi connectivity index (χ2v) is 24.9. The van der Waals surface area contributed by atoms with E-state index in [-0.39, 0.29) is 32.0 Å². The molecule has 0 saturated heterocycles. The number of pyridine rings is 4. The van der Waals surface area contributed by atoms with Crippen LogP contribution in [0.1, 0.15) is 5.56 Å². The number of nitrogens with one attached hydrogen (secondary N) is 5. The summed E-state index contributed by atoms with van der Waals surface area (Å²) in [6, 6.07) is 51.8. The Morgan fingerprint density at radius 3 is 1.32 bits per heavy atom. The first-order valence-corrected chi connectivity index (χ1v) is 31.3. The lowest BCUT2D eigenvalue weighted by Crippen LogP contribution is -2.11. The number of aromatic nitrogens is 8. The summed E-state index contributed by atoms with van der Waals surface area (Å²) in [7, 11) is -6.30. The zero-order valence-corrected chi connectivity index (χ0v) is 49.9. The van der Waals surface area contributed by atoms with Gasteiger partial charge in [0.25, 0.3) is 32.4 Å². The van der Waals surface area contributed by atoms with Gasteiger partial charge in [0.15, 0.2) is 24.5 Å². The molecule has 0 bridgehead atoms. The molecule has 0 fully saturated rings. The normalized spacial score (nSPS) is 12.1. The Bertz CT molecular complexity index is 5920. The number of para-hydroxylation sites is 1. The van der Waals surface area contributed by atoms with Crippen LogP contribution in [-0.4, -0.2) is 64.1 Å². The fourth-order valence-corrected chi connectivity index (χ4v) is 13.8. The minimum Gasteiger partial charge on any atom is -0.353 e. The molecule has 0 atom stereocenters. The van der Waals surface area contributed by atoms with Gasteiger partial charge in [0.1, 0.15) is 0 Å². The summed E-state index contributed by atoms with van der Waals surface area (Å²) < 4.78 is 70.2. The van der Waals surface area contributed by atoms with Gasteiger partial charge in [0.05, 0.1) is 70.5 Å². The van der Waals surface area contributed by atoms with Crippen LogP contribution in [0, 0.1) is 6.92 Å².